The molecule has 0 spiro atoms. The van der Waals surface area contributed by atoms with Crippen LogP contribution in [0, 0.1) is 0 Å². The topological polar surface area (TPSA) is 90.5 Å². The van der Waals surface area contributed by atoms with E-state index in [2.05, 4.69) is 25.8 Å². The molecular weight excluding hydrogens is 398 g/mol. The van der Waals surface area contributed by atoms with Crippen molar-refractivity contribution in [3.8, 4) is 11.4 Å². The van der Waals surface area contributed by atoms with Gasteiger partial charge in [-0.2, -0.15) is 11.8 Å². The molecule has 8 nitrogen and oxygen atoms in total. The summed E-state index contributed by atoms with van der Waals surface area (Å²) in [6, 6.07) is 15.9. The highest BCUT2D eigenvalue weighted by Crippen LogP contribution is 2.36. The maximum Gasteiger partial charge on any atom is 0.244 e. The summed E-state index contributed by atoms with van der Waals surface area (Å²) in [5.41, 5.74) is 3.48. The van der Waals surface area contributed by atoms with E-state index in [1.807, 2.05) is 64.0 Å². The van der Waals surface area contributed by atoms with Crippen molar-refractivity contribution in [2.24, 2.45) is 0 Å². The van der Waals surface area contributed by atoms with Crippen molar-refractivity contribution >= 4 is 34.4 Å². The van der Waals surface area contributed by atoms with Gasteiger partial charge in [-0.05, 0) is 53.8 Å². The van der Waals surface area contributed by atoms with Gasteiger partial charge in [0.1, 0.15) is 12.4 Å². The fourth-order valence-corrected chi connectivity index (χ4v) is 4.05. The number of tetrazole rings is 1. The molecule has 0 radical (unpaired) electrons. The minimum absolute atomic E-state index is 0.0977. The molecule has 152 valence electrons. The summed E-state index contributed by atoms with van der Waals surface area (Å²) < 4.78 is 3.85. The second-order valence-electron chi connectivity index (χ2n) is 7.34. The number of carbonyl (C=O) groups is 1. The van der Waals surface area contributed by atoms with Crippen molar-refractivity contribution in [3.05, 3.63) is 54.4 Å². The zero-order valence-corrected chi connectivity index (χ0v) is 17.3. The molecule has 1 aliphatic rings. The summed E-state index contributed by atoms with van der Waals surface area (Å²) >= 11 is 1.69. The van der Waals surface area contributed by atoms with E-state index in [1.165, 1.54) is 0 Å². The van der Waals surface area contributed by atoms with Gasteiger partial charge in [-0.1, -0.05) is 24.3 Å². The van der Waals surface area contributed by atoms with Gasteiger partial charge in [-0.15, -0.1) is 5.10 Å². The van der Waals surface area contributed by atoms with Crippen molar-refractivity contribution in [2.75, 3.05) is 11.6 Å². The van der Waals surface area contributed by atoms with E-state index in [0.717, 1.165) is 52.5 Å². The van der Waals surface area contributed by atoms with E-state index in [1.54, 1.807) is 11.8 Å². The number of hydrogen-bond donors (Lipinski definition) is 1. The van der Waals surface area contributed by atoms with Crippen LogP contribution in [0.4, 0.5) is 5.69 Å². The third-order valence-electron chi connectivity index (χ3n) is 5.10. The molecular formula is C21H21N7OS. The van der Waals surface area contributed by atoms with Gasteiger partial charge in [0.15, 0.2) is 5.82 Å². The Kier molecular flexibility index (Phi) is 4.96. The molecule has 0 bridgehead atoms. The number of imidazole rings is 1. The minimum Gasteiger partial charge on any atom is -0.325 e. The number of amides is 1. The fourth-order valence-electron chi connectivity index (χ4n) is 3.57. The van der Waals surface area contributed by atoms with Crippen LogP contribution in [0.2, 0.25) is 0 Å². The Morgan fingerprint density at radius 2 is 2.07 bits per heavy atom. The van der Waals surface area contributed by atoms with Gasteiger partial charge < -0.3 is 9.88 Å². The van der Waals surface area contributed by atoms with Crippen molar-refractivity contribution in [1.29, 1.82) is 0 Å². The third-order valence-corrected chi connectivity index (χ3v) is 5.65. The molecule has 2 heterocycles. The zero-order valence-electron chi connectivity index (χ0n) is 16.5. The number of hydrogen-bond acceptors (Lipinski definition) is 6. The zero-order chi connectivity index (χ0) is 20.5. The number of nitrogens with one attached hydrogen (secondary N) is 1. The van der Waals surface area contributed by atoms with Crippen LogP contribution in [0.25, 0.3) is 22.4 Å². The molecule has 0 unspecified atom stereocenters. The predicted molar refractivity (Wildman–Crippen MR) is 117 cm³/mol. The Morgan fingerprint density at radius 1 is 1.20 bits per heavy atom. The first-order valence-electron chi connectivity index (χ1n) is 9.84. The number of rotatable bonds is 7. The largest absolute Gasteiger partial charge is 0.325 e. The van der Waals surface area contributed by atoms with E-state index < -0.39 is 0 Å². The highest BCUT2D eigenvalue weighted by molar-refractivity contribution is 7.97. The number of nitrogens with zero attached hydrogens (tertiary/aromatic N) is 6. The Balaban J connectivity index is 1.37. The van der Waals surface area contributed by atoms with Gasteiger partial charge in [0.05, 0.1) is 22.8 Å². The maximum atomic E-state index is 12.9. The minimum atomic E-state index is -0.0977. The number of anilines is 1. The van der Waals surface area contributed by atoms with Crippen LogP contribution < -0.4 is 5.32 Å². The normalized spacial score (nSPS) is 13.6. The van der Waals surface area contributed by atoms with E-state index in [-0.39, 0.29) is 12.5 Å². The second kappa shape index (κ2) is 7.91. The molecule has 0 saturated heterocycles. The molecule has 4 aromatic rings. The van der Waals surface area contributed by atoms with Gasteiger partial charge in [0.25, 0.3) is 0 Å². The quantitative estimate of drug-likeness (QED) is 0.493. The van der Waals surface area contributed by atoms with E-state index >= 15 is 0 Å². The van der Waals surface area contributed by atoms with Crippen LogP contribution in [0.15, 0.2) is 48.5 Å². The summed E-state index contributed by atoms with van der Waals surface area (Å²) in [7, 11) is 0. The van der Waals surface area contributed by atoms with Gasteiger partial charge in [0.2, 0.25) is 5.91 Å². The molecule has 0 aliphatic heterocycles. The van der Waals surface area contributed by atoms with Crippen molar-refractivity contribution < 1.29 is 4.79 Å². The predicted octanol–water partition coefficient (Wildman–Crippen LogP) is 3.53. The third kappa shape index (κ3) is 3.68. The Bertz CT molecular complexity index is 1210. The van der Waals surface area contributed by atoms with Crippen molar-refractivity contribution in [1.82, 2.24) is 29.8 Å². The monoisotopic (exact) mass is 419 g/mol. The SMILES string of the molecule is CSCc1nc2ccccc2n1CC(=O)Nc1cccc(-c2nnnn2C2CC2)c1. The number of thioether (sulfide) groups is 1. The van der Waals surface area contributed by atoms with Gasteiger partial charge in [-0.3, -0.25) is 4.79 Å². The first-order chi connectivity index (χ1) is 14.7. The molecule has 1 amide bonds. The fraction of sp³-hybridized carbons (Fsp3) is 0.286. The van der Waals surface area contributed by atoms with Gasteiger partial charge in [-0.25, -0.2) is 9.67 Å². The molecule has 2 aromatic heterocycles. The van der Waals surface area contributed by atoms with Gasteiger partial charge in [0, 0.05) is 11.3 Å². The van der Waals surface area contributed by atoms with Crippen LogP contribution in [0.5, 0.6) is 0 Å². The summed E-state index contributed by atoms with van der Waals surface area (Å²) in [5.74, 6) is 2.29. The van der Waals surface area contributed by atoms with E-state index in [9.17, 15) is 4.79 Å². The average molecular weight is 420 g/mol. The summed E-state index contributed by atoms with van der Waals surface area (Å²) in [5, 5.41) is 15.1. The first-order valence-corrected chi connectivity index (χ1v) is 11.2. The Labute approximate surface area is 177 Å². The van der Waals surface area contributed by atoms with E-state index in [4.69, 9.17) is 0 Å². The van der Waals surface area contributed by atoms with Crippen LogP contribution in [-0.2, 0) is 17.1 Å². The summed E-state index contributed by atoms with van der Waals surface area (Å²) in [4.78, 5) is 17.5. The standard InChI is InChI=1S/C21H21N7OS/c1-30-13-19-23-17-7-2-3-8-18(17)27(19)12-20(29)22-15-6-4-5-14(11-15)21-24-25-26-28(21)16-9-10-16/h2-8,11,16H,9-10,12-13H2,1H3,(H,22,29). The number of carbonyl (C=O) groups excluding carboxylic acids is 1. The Hall–Kier alpha value is -3.20. The summed E-state index contributed by atoms with van der Waals surface area (Å²) in [6.45, 7) is 0.209. The van der Waals surface area contributed by atoms with Crippen LogP contribution in [0.3, 0.4) is 0 Å². The number of fused-ring (bicyclic) bond motifs is 1. The maximum absolute atomic E-state index is 12.9. The molecule has 2 aromatic carbocycles. The molecule has 30 heavy (non-hydrogen) atoms. The number of aromatic nitrogens is 6. The lowest BCUT2D eigenvalue weighted by atomic mass is 10.2. The molecule has 1 saturated carbocycles. The van der Waals surface area contributed by atoms with Crippen LogP contribution >= 0.6 is 11.8 Å². The Morgan fingerprint density at radius 3 is 2.90 bits per heavy atom. The highest BCUT2D eigenvalue weighted by Gasteiger charge is 2.28. The highest BCUT2D eigenvalue weighted by atomic mass is 32.2. The van der Waals surface area contributed by atoms with Crippen LogP contribution in [-0.4, -0.2) is 41.9 Å². The van der Waals surface area contributed by atoms with Crippen molar-refractivity contribution in [2.45, 2.75) is 31.2 Å². The summed E-state index contributed by atoms with van der Waals surface area (Å²) in [6.07, 6.45) is 4.24. The smallest absolute Gasteiger partial charge is 0.244 e. The molecule has 1 fully saturated rings. The van der Waals surface area contributed by atoms with Crippen molar-refractivity contribution in [3.63, 3.8) is 0 Å². The van der Waals surface area contributed by atoms with E-state index in [0.29, 0.717) is 6.04 Å². The molecule has 1 aliphatic carbocycles. The first kappa shape index (κ1) is 18.8. The van der Waals surface area contributed by atoms with Gasteiger partial charge >= 0.3 is 0 Å². The molecule has 9 heteroatoms. The number of benzene rings is 2. The lowest BCUT2D eigenvalue weighted by Gasteiger charge is -2.11. The lowest BCUT2D eigenvalue weighted by molar-refractivity contribution is -0.116. The second-order valence-corrected chi connectivity index (χ2v) is 8.21. The average Bonchev–Trinajstić information content (AvgIpc) is 3.38. The molecule has 5 rings (SSSR count). The molecule has 0 atom stereocenters. The lowest BCUT2D eigenvalue weighted by Crippen LogP contribution is -2.20. The van der Waals surface area contributed by atoms with Crippen LogP contribution in [0.1, 0.15) is 24.7 Å². The number of para-hydroxylation sites is 2. The molecule has 1 N–H and O–H groups in total.